The Labute approximate surface area is 238 Å². The number of aromatic nitrogens is 1. The average molecular weight is 550 g/mol. The minimum absolute atomic E-state index is 0.0525. The molecule has 0 saturated heterocycles. The van der Waals surface area contributed by atoms with Gasteiger partial charge in [0.05, 0.1) is 20.3 Å². The van der Waals surface area contributed by atoms with Crippen molar-refractivity contribution in [2.24, 2.45) is 0 Å². The Bertz CT molecular complexity index is 1560. The number of nitrogens with zero attached hydrogens (tertiary/aromatic N) is 1. The van der Waals surface area contributed by atoms with Crippen LogP contribution in [0, 0.1) is 30.6 Å². The van der Waals surface area contributed by atoms with Gasteiger partial charge >= 0.3 is 5.97 Å². The first-order valence-electron chi connectivity index (χ1n) is 12.4. The van der Waals surface area contributed by atoms with Gasteiger partial charge in [0.25, 0.3) is 0 Å². The van der Waals surface area contributed by atoms with Crippen molar-refractivity contribution in [3.8, 4) is 29.4 Å². The summed E-state index contributed by atoms with van der Waals surface area (Å²) in [4.78, 5) is 17.9. The molecule has 6 nitrogen and oxygen atoms in total. The van der Waals surface area contributed by atoms with Crippen LogP contribution < -0.4 is 4.74 Å². The Morgan fingerprint density at radius 2 is 1.40 bits per heavy atom. The maximum absolute atomic E-state index is 11.4. The Balaban J connectivity index is 1.65. The van der Waals surface area contributed by atoms with E-state index in [1.54, 1.807) is 0 Å². The third kappa shape index (κ3) is 8.23. The molecule has 200 valence electrons. The number of hydrogen-bond donors (Lipinski definition) is 2. The normalized spacial score (nSPS) is 10.1. The fraction of sp³-hybridized carbons (Fsp3) is 0.152. The highest BCUT2D eigenvalue weighted by Gasteiger charge is 2.08. The zero-order valence-corrected chi connectivity index (χ0v) is 22.9. The van der Waals surface area contributed by atoms with Crippen LogP contribution in [0.5, 0.6) is 5.75 Å². The largest absolute Gasteiger partial charge is 0.482 e. The molecule has 0 unspecified atom stereocenters. The first kappa shape index (κ1) is 28.5. The molecule has 1 heterocycles. The maximum atomic E-state index is 11.4. The van der Waals surface area contributed by atoms with Crippen molar-refractivity contribution in [3.05, 3.63) is 118 Å². The van der Waals surface area contributed by atoms with Gasteiger partial charge in [0.15, 0.2) is 6.61 Å². The van der Waals surface area contributed by atoms with E-state index in [2.05, 4.69) is 33.4 Å². The van der Waals surface area contributed by atoms with Gasteiger partial charge in [-0.15, -0.1) is 0 Å². The van der Waals surface area contributed by atoms with Gasteiger partial charge in [0.2, 0.25) is 0 Å². The number of carbonyl (C=O) groups is 1. The van der Waals surface area contributed by atoms with E-state index in [0.29, 0.717) is 17.1 Å². The van der Waals surface area contributed by atoms with Crippen LogP contribution in [0.25, 0.3) is 0 Å². The van der Waals surface area contributed by atoms with E-state index in [0.717, 1.165) is 37.6 Å². The van der Waals surface area contributed by atoms with Gasteiger partial charge in [0, 0.05) is 20.9 Å². The zero-order chi connectivity index (χ0) is 28.3. The predicted octanol–water partition coefficient (Wildman–Crippen LogP) is 4.88. The second kappa shape index (κ2) is 14.0. The highest BCUT2D eigenvalue weighted by atomic mass is 32.2. The molecule has 4 aromatic rings. The number of methoxy groups -OCH3 is 1. The molecule has 0 aliphatic heterocycles. The topological polar surface area (TPSA) is 88.9 Å². The second-order valence-corrected chi connectivity index (χ2v) is 9.83. The molecule has 1 aromatic heterocycles. The number of aryl methyl sites for hydroxylation is 1. The summed E-state index contributed by atoms with van der Waals surface area (Å²) >= 11 is 1.53. The molecule has 40 heavy (non-hydrogen) atoms. The van der Waals surface area contributed by atoms with Gasteiger partial charge in [-0.2, -0.15) is 0 Å². The lowest BCUT2D eigenvalue weighted by Gasteiger charge is -2.10. The molecule has 0 atom stereocenters. The van der Waals surface area contributed by atoms with Crippen LogP contribution in [0.15, 0.2) is 88.7 Å². The fourth-order valence-corrected chi connectivity index (χ4v) is 4.62. The van der Waals surface area contributed by atoms with Gasteiger partial charge in [-0.3, -0.25) is 0 Å². The highest BCUT2D eigenvalue weighted by molar-refractivity contribution is 7.99. The number of esters is 1. The number of rotatable bonds is 7. The number of pyridine rings is 1. The molecular formula is C33H27NO5S. The molecule has 0 aliphatic carbocycles. The van der Waals surface area contributed by atoms with Crippen LogP contribution in [-0.4, -0.2) is 34.9 Å². The van der Waals surface area contributed by atoms with Crippen LogP contribution in [0.4, 0.5) is 0 Å². The quantitative estimate of drug-likeness (QED) is 0.251. The summed E-state index contributed by atoms with van der Waals surface area (Å²) in [5.41, 5.74) is 5.13. The summed E-state index contributed by atoms with van der Waals surface area (Å²) in [6.07, 6.45) is 0. The van der Waals surface area contributed by atoms with Crippen molar-refractivity contribution in [2.75, 3.05) is 13.7 Å². The Hall–Kier alpha value is -4.53. The molecule has 0 fully saturated rings. The monoisotopic (exact) mass is 549 g/mol. The van der Waals surface area contributed by atoms with E-state index in [-0.39, 0.29) is 19.8 Å². The summed E-state index contributed by atoms with van der Waals surface area (Å²) in [5.74, 6) is 12.7. The van der Waals surface area contributed by atoms with Crippen molar-refractivity contribution in [1.29, 1.82) is 0 Å². The molecule has 0 bridgehead atoms. The molecular weight excluding hydrogens is 522 g/mol. The van der Waals surface area contributed by atoms with Gasteiger partial charge < -0.3 is 19.7 Å². The molecule has 3 aromatic carbocycles. The van der Waals surface area contributed by atoms with Gasteiger partial charge in [-0.25, -0.2) is 9.78 Å². The number of carbonyl (C=O) groups excluding carboxylic acids is 1. The number of hydrogen-bond acceptors (Lipinski definition) is 7. The molecule has 0 saturated carbocycles. The van der Waals surface area contributed by atoms with Crippen LogP contribution in [0.3, 0.4) is 0 Å². The minimum atomic E-state index is -0.442. The van der Waals surface area contributed by atoms with Crippen molar-refractivity contribution < 1.29 is 24.5 Å². The Morgan fingerprint density at radius 1 is 0.800 bits per heavy atom. The zero-order valence-electron chi connectivity index (χ0n) is 22.1. The van der Waals surface area contributed by atoms with Gasteiger partial charge in [-0.05, 0) is 90.1 Å². The molecule has 0 spiro atoms. The van der Waals surface area contributed by atoms with Crippen LogP contribution in [-0.2, 0) is 22.7 Å². The highest BCUT2D eigenvalue weighted by Crippen LogP contribution is 2.32. The standard InChI is InChI=1S/C33H27NO5S/c1-23-15-30(13-14-32(23)39-22-33(37)38-2)40-31-18-28(11-9-24-5-3-7-26(16-24)20-35)34-29(19-31)12-10-25-6-4-8-27(17-25)21-36/h3-8,13-19,35-36H,20-22H2,1-2H3. The molecule has 0 aliphatic rings. The smallest absolute Gasteiger partial charge is 0.343 e. The summed E-state index contributed by atoms with van der Waals surface area (Å²) in [5, 5.41) is 18.9. The first-order valence-corrected chi connectivity index (χ1v) is 13.2. The first-order chi connectivity index (χ1) is 19.4. The van der Waals surface area contributed by atoms with Gasteiger partial charge in [-0.1, -0.05) is 47.9 Å². The third-order valence-corrected chi connectivity index (χ3v) is 6.60. The minimum Gasteiger partial charge on any atom is -0.482 e. The van der Waals surface area contributed by atoms with Crippen molar-refractivity contribution in [3.63, 3.8) is 0 Å². The van der Waals surface area contributed by atoms with Crippen molar-refractivity contribution in [1.82, 2.24) is 4.98 Å². The van der Waals surface area contributed by atoms with Crippen LogP contribution in [0.2, 0.25) is 0 Å². The van der Waals surface area contributed by atoms with E-state index in [1.807, 2.05) is 85.8 Å². The molecule has 2 N–H and O–H groups in total. The summed E-state index contributed by atoms with van der Waals surface area (Å²) in [6, 6.07) is 24.4. The Kier molecular flexibility index (Phi) is 9.99. The summed E-state index contributed by atoms with van der Waals surface area (Å²) in [7, 11) is 1.32. The number of aliphatic hydroxyl groups is 2. The predicted molar refractivity (Wildman–Crippen MR) is 154 cm³/mol. The third-order valence-electron chi connectivity index (χ3n) is 5.64. The molecule has 0 amide bonds. The molecule has 4 rings (SSSR count). The Morgan fingerprint density at radius 3 is 1.93 bits per heavy atom. The van der Waals surface area contributed by atoms with Gasteiger partial charge in [0.1, 0.15) is 17.1 Å². The lowest BCUT2D eigenvalue weighted by Crippen LogP contribution is -2.12. The van der Waals surface area contributed by atoms with E-state index < -0.39 is 5.97 Å². The van der Waals surface area contributed by atoms with Crippen LogP contribution >= 0.6 is 11.8 Å². The van der Waals surface area contributed by atoms with E-state index in [9.17, 15) is 15.0 Å². The van der Waals surface area contributed by atoms with E-state index >= 15 is 0 Å². The lowest BCUT2D eigenvalue weighted by molar-refractivity contribution is -0.142. The summed E-state index contributed by atoms with van der Waals surface area (Å²) in [6.45, 7) is 1.66. The SMILES string of the molecule is COC(=O)COc1ccc(Sc2cc(C#Cc3cccc(CO)c3)nc(C#Cc3cccc(CO)c3)c2)cc1C. The molecule has 0 radical (unpaired) electrons. The van der Waals surface area contributed by atoms with E-state index in [4.69, 9.17) is 4.74 Å². The fourth-order valence-electron chi connectivity index (χ4n) is 3.64. The van der Waals surface area contributed by atoms with Crippen molar-refractivity contribution in [2.45, 2.75) is 29.9 Å². The molecule has 7 heteroatoms. The lowest BCUT2D eigenvalue weighted by atomic mass is 10.1. The van der Waals surface area contributed by atoms with E-state index in [1.165, 1.54) is 18.9 Å². The number of benzene rings is 3. The second-order valence-electron chi connectivity index (χ2n) is 8.68. The van der Waals surface area contributed by atoms with Crippen LogP contribution in [0.1, 0.15) is 39.2 Å². The average Bonchev–Trinajstić information content (AvgIpc) is 2.98. The van der Waals surface area contributed by atoms with Crippen molar-refractivity contribution >= 4 is 17.7 Å². The number of aliphatic hydroxyl groups excluding tert-OH is 2. The summed E-state index contributed by atoms with van der Waals surface area (Å²) < 4.78 is 10.2. The maximum Gasteiger partial charge on any atom is 0.343 e. The number of ether oxygens (including phenoxy) is 2.